The second-order valence-electron chi connectivity index (χ2n) is 5.32. The number of hydrogen-bond acceptors (Lipinski definition) is 9. The van der Waals surface area contributed by atoms with Gasteiger partial charge in [0.1, 0.15) is 31.0 Å². The van der Waals surface area contributed by atoms with Crippen molar-refractivity contribution in [2.75, 3.05) is 6.61 Å². The molecular formula is C13H18N4O7. The Morgan fingerprint density at radius 2 is 2.12 bits per heavy atom. The van der Waals surface area contributed by atoms with Gasteiger partial charge in [0, 0.05) is 12.4 Å². The van der Waals surface area contributed by atoms with Gasteiger partial charge in [-0.2, -0.15) is 0 Å². The Morgan fingerprint density at radius 1 is 1.46 bits per heavy atom. The van der Waals surface area contributed by atoms with Crippen molar-refractivity contribution < 1.29 is 29.3 Å². The number of aliphatic hydroxyl groups excluding tert-OH is 2. The maximum Gasteiger partial charge on any atom is 0.322 e. The number of amides is 1. The molecule has 0 spiro atoms. The number of hydrogen-bond donors (Lipinski definition) is 4. The minimum Gasteiger partial charge on any atom is -0.462 e. The summed E-state index contributed by atoms with van der Waals surface area (Å²) in [5, 5.41) is 20.1. The van der Waals surface area contributed by atoms with Crippen molar-refractivity contribution in [1.82, 2.24) is 9.55 Å². The van der Waals surface area contributed by atoms with Gasteiger partial charge in [0.05, 0.1) is 0 Å². The maximum absolute atomic E-state index is 12.1. The van der Waals surface area contributed by atoms with Crippen LogP contribution in [0, 0.1) is 0 Å². The summed E-state index contributed by atoms with van der Waals surface area (Å²) in [5.41, 5.74) is 8.97. The van der Waals surface area contributed by atoms with Crippen molar-refractivity contribution in [3.05, 3.63) is 28.4 Å². The number of aliphatic hydroxyl groups is 2. The lowest BCUT2D eigenvalue weighted by atomic mass is 10.1. The van der Waals surface area contributed by atoms with E-state index in [2.05, 4.69) is 4.98 Å². The number of primary amides is 1. The number of ether oxygens (including phenoxy) is 2. The van der Waals surface area contributed by atoms with Gasteiger partial charge < -0.3 is 31.2 Å². The molecule has 24 heavy (non-hydrogen) atoms. The summed E-state index contributed by atoms with van der Waals surface area (Å²) in [4.78, 5) is 38.2. The Labute approximate surface area is 135 Å². The molecule has 1 fully saturated rings. The number of esters is 1. The van der Waals surface area contributed by atoms with E-state index < -0.39 is 53.7 Å². The van der Waals surface area contributed by atoms with Crippen LogP contribution in [0.3, 0.4) is 0 Å². The monoisotopic (exact) mass is 342 g/mol. The molecule has 11 heteroatoms. The van der Waals surface area contributed by atoms with Crippen molar-refractivity contribution in [2.24, 2.45) is 11.5 Å². The van der Waals surface area contributed by atoms with Crippen LogP contribution < -0.4 is 17.0 Å². The Morgan fingerprint density at radius 3 is 2.71 bits per heavy atom. The van der Waals surface area contributed by atoms with Gasteiger partial charge in [-0.1, -0.05) is 0 Å². The van der Waals surface area contributed by atoms with Gasteiger partial charge in [0.25, 0.3) is 11.5 Å². The lowest BCUT2D eigenvalue weighted by molar-refractivity contribution is -0.151. The first-order chi connectivity index (χ1) is 11.2. The molecule has 1 amide bonds. The number of carbonyl (C=O) groups is 2. The fourth-order valence-electron chi connectivity index (χ4n) is 2.19. The van der Waals surface area contributed by atoms with Gasteiger partial charge in [-0.15, -0.1) is 0 Å². The largest absolute Gasteiger partial charge is 0.462 e. The summed E-state index contributed by atoms with van der Waals surface area (Å²) < 4.78 is 11.1. The van der Waals surface area contributed by atoms with Crippen molar-refractivity contribution >= 4 is 11.9 Å². The molecule has 0 aromatic carbocycles. The standard InChI is InChI=1S/C13H18N4O7/c1-5(14)13(22)23-4-6-8(18)9(19)12(24-6)17-3-2-16-7(10(15)20)11(17)21/h2-3,5-6,8-9,12,18-19H,4,14H2,1H3,(H2,15,20)/t5-,6?,8?,9?,12?/m0/s1. The van der Waals surface area contributed by atoms with E-state index in [-0.39, 0.29) is 6.61 Å². The normalized spacial score (nSPS) is 27.7. The molecule has 2 rings (SSSR count). The molecule has 1 saturated heterocycles. The minimum atomic E-state index is -1.50. The van der Waals surface area contributed by atoms with Crippen LogP contribution in [-0.2, 0) is 14.3 Å². The molecule has 1 aliphatic rings. The average Bonchev–Trinajstić information content (AvgIpc) is 2.80. The van der Waals surface area contributed by atoms with Crippen LogP contribution in [-0.4, -0.2) is 62.6 Å². The fourth-order valence-corrected chi connectivity index (χ4v) is 2.19. The molecule has 0 saturated carbocycles. The van der Waals surface area contributed by atoms with Gasteiger partial charge in [0.15, 0.2) is 11.9 Å². The molecule has 1 aromatic heterocycles. The molecule has 6 N–H and O–H groups in total. The SMILES string of the molecule is C[C@H](N)C(=O)OCC1OC(n2ccnc(C(N)=O)c2=O)C(O)C1O. The Hall–Kier alpha value is -2.34. The zero-order valence-corrected chi connectivity index (χ0v) is 12.7. The van der Waals surface area contributed by atoms with E-state index in [4.69, 9.17) is 20.9 Å². The van der Waals surface area contributed by atoms with E-state index in [0.717, 1.165) is 10.8 Å². The minimum absolute atomic E-state index is 0.363. The molecular weight excluding hydrogens is 324 g/mol. The highest BCUT2D eigenvalue weighted by Crippen LogP contribution is 2.28. The van der Waals surface area contributed by atoms with Gasteiger partial charge in [-0.3, -0.25) is 19.0 Å². The van der Waals surface area contributed by atoms with Gasteiger partial charge >= 0.3 is 5.97 Å². The molecule has 0 radical (unpaired) electrons. The number of aromatic nitrogens is 2. The van der Waals surface area contributed by atoms with Gasteiger partial charge in [-0.05, 0) is 6.92 Å². The Kier molecular flexibility index (Phi) is 5.29. The van der Waals surface area contributed by atoms with Crippen molar-refractivity contribution in [3.63, 3.8) is 0 Å². The summed E-state index contributed by atoms with van der Waals surface area (Å²) in [7, 11) is 0. The van der Waals surface area contributed by atoms with Gasteiger partial charge in [0.2, 0.25) is 0 Å². The first-order valence-corrected chi connectivity index (χ1v) is 7.04. The molecule has 1 aromatic rings. The average molecular weight is 342 g/mol. The van der Waals surface area contributed by atoms with Crippen LogP contribution >= 0.6 is 0 Å². The predicted molar refractivity (Wildman–Crippen MR) is 77.5 cm³/mol. The van der Waals surface area contributed by atoms with E-state index in [1.54, 1.807) is 0 Å². The van der Waals surface area contributed by atoms with Crippen molar-refractivity contribution in [3.8, 4) is 0 Å². The third-order valence-corrected chi connectivity index (χ3v) is 3.47. The number of carbonyl (C=O) groups excluding carboxylic acids is 2. The molecule has 11 nitrogen and oxygen atoms in total. The van der Waals surface area contributed by atoms with Crippen molar-refractivity contribution in [1.29, 1.82) is 0 Å². The highest BCUT2D eigenvalue weighted by molar-refractivity contribution is 5.90. The van der Waals surface area contributed by atoms with E-state index in [0.29, 0.717) is 0 Å². The molecule has 1 aliphatic heterocycles. The molecule has 5 atom stereocenters. The number of nitrogens with zero attached hydrogens (tertiary/aromatic N) is 2. The van der Waals surface area contributed by atoms with E-state index in [1.807, 2.05) is 0 Å². The van der Waals surface area contributed by atoms with E-state index in [9.17, 15) is 24.6 Å². The Balaban J connectivity index is 2.19. The lowest BCUT2D eigenvalue weighted by Crippen LogP contribution is -2.38. The third-order valence-electron chi connectivity index (χ3n) is 3.47. The van der Waals surface area contributed by atoms with Gasteiger partial charge in [-0.25, -0.2) is 4.98 Å². The molecule has 0 bridgehead atoms. The molecule has 4 unspecified atom stereocenters. The topological polar surface area (TPSA) is 180 Å². The summed E-state index contributed by atoms with van der Waals surface area (Å²) in [6, 6.07) is -0.856. The smallest absolute Gasteiger partial charge is 0.322 e. The van der Waals surface area contributed by atoms with Crippen LogP contribution in [0.15, 0.2) is 17.2 Å². The third kappa shape index (κ3) is 3.43. The summed E-state index contributed by atoms with van der Waals surface area (Å²) in [5.74, 6) is -1.74. The molecule has 0 aliphatic carbocycles. The second-order valence-corrected chi connectivity index (χ2v) is 5.32. The number of nitrogens with two attached hydrogens (primary N) is 2. The van der Waals surface area contributed by atoms with E-state index in [1.165, 1.54) is 13.1 Å². The highest BCUT2D eigenvalue weighted by atomic mass is 16.6. The number of rotatable bonds is 5. The zero-order valence-electron chi connectivity index (χ0n) is 12.7. The predicted octanol–water partition coefficient (Wildman–Crippen LogP) is -3.15. The Bertz CT molecular complexity index is 689. The summed E-state index contributed by atoms with van der Waals surface area (Å²) >= 11 is 0. The van der Waals surface area contributed by atoms with Crippen LogP contribution in [0.25, 0.3) is 0 Å². The fraction of sp³-hybridized carbons (Fsp3) is 0.538. The highest BCUT2D eigenvalue weighted by Gasteiger charge is 2.44. The zero-order chi connectivity index (χ0) is 18.0. The van der Waals surface area contributed by atoms with Crippen LogP contribution in [0.1, 0.15) is 23.6 Å². The quantitative estimate of drug-likeness (QED) is 0.402. The molecule has 132 valence electrons. The van der Waals surface area contributed by atoms with E-state index >= 15 is 0 Å². The molecule has 2 heterocycles. The van der Waals surface area contributed by atoms with Crippen LogP contribution in [0.5, 0.6) is 0 Å². The van der Waals surface area contributed by atoms with Crippen LogP contribution in [0.4, 0.5) is 0 Å². The maximum atomic E-state index is 12.1. The second kappa shape index (κ2) is 7.05. The van der Waals surface area contributed by atoms with Crippen LogP contribution in [0.2, 0.25) is 0 Å². The first-order valence-electron chi connectivity index (χ1n) is 7.04. The summed E-state index contributed by atoms with van der Waals surface area (Å²) in [6.07, 6.45) is -2.99. The van der Waals surface area contributed by atoms with Crippen molar-refractivity contribution in [2.45, 2.75) is 37.5 Å². The first kappa shape index (κ1) is 18.0. The lowest BCUT2D eigenvalue weighted by Gasteiger charge is -2.17. The summed E-state index contributed by atoms with van der Waals surface area (Å²) in [6.45, 7) is 1.06.